The summed E-state index contributed by atoms with van der Waals surface area (Å²) in [4.78, 5) is 19.4. The monoisotopic (exact) mass is 393 g/mol. The molecule has 0 amide bonds. The van der Waals surface area contributed by atoms with Crippen molar-refractivity contribution in [1.82, 2.24) is 18.9 Å². The molecule has 9 nitrogen and oxygen atoms in total. The first-order chi connectivity index (χ1) is 9.51. The van der Waals surface area contributed by atoms with Gasteiger partial charge in [-0.2, -0.15) is 9.97 Å². The first-order valence-corrected chi connectivity index (χ1v) is 6.96. The van der Waals surface area contributed by atoms with Crippen LogP contribution in [0.15, 0.2) is 11.0 Å². The van der Waals surface area contributed by atoms with Crippen LogP contribution in [0.5, 0.6) is 0 Å². The number of halogens is 1. The fraction of sp³-hybridized carbons (Fsp3) is 0.500. The molecule has 4 N–H and O–H groups in total. The van der Waals surface area contributed by atoms with E-state index in [9.17, 15) is 9.90 Å². The van der Waals surface area contributed by atoms with Crippen molar-refractivity contribution in [3.63, 3.8) is 0 Å². The van der Waals surface area contributed by atoms with Crippen LogP contribution in [0.25, 0.3) is 5.78 Å². The molecule has 2 aromatic rings. The van der Waals surface area contributed by atoms with Crippen LogP contribution in [-0.2, 0) is 4.74 Å². The minimum Gasteiger partial charge on any atom is -0.394 e. The first kappa shape index (κ1) is 13.7. The van der Waals surface area contributed by atoms with Crippen molar-refractivity contribution >= 4 is 34.3 Å². The Kier molecular flexibility index (Phi) is 3.40. The van der Waals surface area contributed by atoms with Gasteiger partial charge in [0, 0.05) is 12.6 Å². The molecular weight excluding hydrogens is 381 g/mol. The number of aromatic nitrogens is 4. The second-order valence-electron chi connectivity index (χ2n) is 4.47. The van der Waals surface area contributed by atoms with Crippen LogP contribution in [-0.4, -0.2) is 48.0 Å². The van der Waals surface area contributed by atoms with E-state index in [0.29, 0.717) is 15.9 Å². The molecule has 20 heavy (non-hydrogen) atoms. The number of nitrogens with zero attached hydrogens (tertiary/aromatic N) is 4. The van der Waals surface area contributed by atoms with Gasteiger partial charge in [0.05, 0.1) is 12.7 Å². The Labute approximate surface area is 126 Å². The Bertz CT molecular complexity index is 713. The quantitative estimate of drug-likeness (QED) is 0.543. The summed E-state index contributed by atoms with van der Waals surface area (Å²) in [5.74, 6) is 0.172. The lowest BCUT2D eigenvalue weighted by Crippen LogP contribution is -2.24. The molecular formula is C10H12IN5O4. The van der Waals surface area contributed by atoms with Gasteiger partial charge in [0.15, 0.2) is 0 Å². The van der Waals surface area contributed by atoms with Gasteiger partial charge in [-0.25, -0.2) is 9.20 Å². The smallest absolute Gasteiger partial charge is 0.358 e. The molecule has 0 aliphatic carbocycles. The van der Waals surface area contributed by atoms with Crippen LogP contribution >= 0.6 is 22.6 Å². The summed E-state index contributed by atoms with van der Waals surface area (Å²) in [7, 11) is 0. The van der Waals surface area contributed by atoms with Gasteiger partial charge in [-0.1, -0.05) is 0 Å². The van der Waals surface area contributed by atoms with Gasteiger partial charge in [-0.05, 0) is 22.6 Å². The van der Waals surface area contributed by atoms with Gasteiger partial charge in [-0.3, -0.25) is 4.57 Å². The molecule has 3 atom stereocenters. The second kappa shape index (κ2) is 4.95. The fourth-order valence-electron chi connectivity index (χ4n) is 2.26. The number of hydrogen-bond donors (Lipinski definition) is 3. The zero-order valence-corrected chi connectivity index (χ0v) is 12.3. The number of aliphatic hydroxyl groups excluding tert-OH is 2. The molecule has 1 aliphatic rings. The van der Waals surface area contributed by atoms with Crippen molar-refractivity contribution in [2.45, 2.75) is 24.9 Å². The summed E-state index contributed by atoms with van der Waals surface area (Å²) in [6.45, 7) is -0.273. The van der Waals surface area contributed by atoms with Crippen LogP contribution in [0.4, 0.5) is 5.95 Å². The number of ether oxygens (including phenoxy) is 1. The van der Waals surface area contributed by atoms with Crippen LogP contribution in [0.1, 0.15) is 12.6 Å². The third-order valence-electron chi connectivity index (χ3n) is 3.20. The number of fused-ring (bicyclic) bond motifs is 1. The Morgan fingerprint density at radius 3 is 2.95 bits per heavy atom. The molecule has 10 heteroatoms. The summed E-state index contributed by atoms with van der Waals surface area (Å²) < 4.78 is 9.07. The van der Waals surface area contributed by atoms with Crippen LogP contribution in [0.3, 0.4) is 0 Å². The van der Waals surface area contributed by atoms with Crippen molar-refractivity contribution in [2.24, 2.45) is 0 Å². The first-order valence-electron chi connectivity index (χ1n) is 5.88. The highest BCUT2D eigenvalue weighted by Crippen LogP contribution is 2.30. The topological polar surface area (TPSA) is 128 Å². The Balaban J connectivity index is 2.11. The van der Waals surface area contributed by atoms with Crippen molar-refractivity contribution in [2.75, 3.05) is 12.3 Å². The number of aliphatic hydroxyl groups is 2. The molecule has 3 heterocycles. The number of hydrogen-bond acceptors (Lipinski definition) is 7. The van der Waals surface area contributed by atoms with Gasteiger partial charge in [0.25, 0.3) is 0 Å². The highest BCUT2D eigenvalue weighted by Gasteiger charge is 2.35. The van der Waals surface area contributed by atoms with E-state index < -0.39 is 24.1 Å². The summed E-state index contributed by atoms with van der Waals surface area (Å²) in [5, 5.41) is 18.9. The number of rotatable bonds is 2. The predicted molar refractivity (Wildman–Crippen MR) is 76.0 cm³/mol. The molecule has 0 aromatic carbocycles. The van der Waals surface area contributed by atoms with E-state index >= 15 is 0 Å². The third kappa shape index (κ3) is 2.08. The van der Waals surface area contributed by atoms with Gasteiger partial charge >= 0.3 is 5.69 Å². The van der Waals surface area contributed by atoms with E-state index in [-0.39, 0.29) is 12.6 Å². The molecule has 0 saturated carbocycles. The van der Waals surface area contributed by atoms with E-state index in [2.05, 4.69) is 9.97 Å². The number of nitrogen functional groups attached to an aromatic ring is 1. The summed E-state index contributed by atoms with van der Waals surface area (Å²) in [5.41, 5.74) is 4.98. The van der Waals surface area contributed by atoms with Crippen LogP contribution < -0.4 is 11.4 Å². The zero-order chi connectivity index (χ0) is 14.4. The largest absolute Gasteiger partial charge is 0.394 e. The normalized spacial score (nSPS) is 26.4. The van der Waals surface area contributed by atoms with Crippen molar-refractivity contribution in [1.29, 1.82) is 0 Å². The SMILES string of the molecule is Nc1nc(=O)n2c(I)cn([C@H]3C[C@@H](O)[C@H](CO)O3)c2n1. The number of anilines is 1. The molecule has 1 fully saturated rings. The molecule has 0 bridgehead atoms. The number of nitrogens with two attached hydrogens (primary N) is 1. The van der Waals surface area contributed by atoms with Gasteiger partial charge < -0.3 is 20.7 Å². The second-order valence-corrected chi connectivity index (χ2v) is 5.58. The maximum Gasteiger partial charge on any atom is 0.358 e. The van der Waals surface area contributed by atoms with E-state index in [1.54, 1.807) is 10.8 Å². The van der Waals surface area contributed by atoms with Gasteiger partial charge in [-0.15, -0.1) is 0 Å². The zero-order valence-electron chi connectivity index (χ0n) is 10.2. The minimum absolute atomic E-state index is 0.122. The molecule has 3 rings (SSSR count). The molecule has 108 valence electrons. The Morgan fingerprint density at radius 2 is 2.30 bits per heavy atom. The highest BCUT2D eigenvalue weighted by molar-refractivity contribution is 14.1. The maximum atomic E-state index is 11.8. The Hall–Kier alpha value is -1.24. The number of imidazole rings is 1. The Morgan fingerprint density at radius 1 is 1.55 bits per heavy atom. The van der Waals surface area contributed by atoms with Crippen molar-refractivity contribution < 1.29 is 14.9 Å². The highest BCUT2D eigenvalue weighted by atomic mass is 127. The lowest BCUT2D eigenvalue weighted by atomic mass is 10.2. The molecule has 1 aliphatic heterocycles. The standard InChI is InChI=1S/C10H12IN5O4/c11-6-2-15(7-1-4(18)5(3-17)20-7)9-13-8(12)14-10(19)16(6)9/h2,4-5,7,17-18H,1,3H2,(H2,12,14,19)/t4-,5+,7-/m1/s1. The minimum atomic E-state index is -0.768. The van der Waals surface area contributed by atoms with E-state index in [1.807, 2.05) is 22.6 Å². The lowest BCUT2D eigenvalue weighted by molar-refractivity contribution is -0.0432. The molecule has 0 unspecified atom stereocenters. The van der Waals surface area contributed by atoms with E-state index in [1.165, 1.54) is 4.40 Å². The third-order valence-corrected chi connectivity index (χ3v) is 3.96. The van der Waals surface area contributed by atoms with Gasteiger partial charge in [0.2, 0.25) is 11.7 Å². The average Bonchev–Trinajstić information content (AvgIpc) is 2.90. The molecule has 1 saturated heterocycles. The maximum absolute atomic E-state index is 11.8. The summed E-state index contributed by atoms with van der Waals surface area (Å²) in [6, 6.07) is 0. The van der Waals surface area contributed by atoms with Crippen LogP contribution in [0.2, 0.25) is 0 Å². The fourth-order valence-corrected chi connectivity index (χ4v) is 2.99. The van der Waals surface area contributed by atoms with Crippen molar-refractivity contribution in [3.05, 3.63) is 20.4 Å². The van der Waals surface area contributed by atoms with Crippen molar-refractivity contribution in [3.8, 4) is 0 Å². The van der Waals surface area contributed by atoms with E-state index in [4.69, 9.17) is 15.6 Å². The van der Waals surface area contributed by atoms with E-state index in [0.717, 1.165) is 0 Å². The average molecular weight is 393 g/mol. The predicted octanol–water partition coefficient (Wildman–Crippen LogP) is -1.28. The molecule has 0 spiro atoms. The molecule has 0 radical (unpaired) electrons. The summed E-state index contributed by atoms with van der Waals surface area (Å²) in [6.07, 6.45) is 0.0307. The lowest BCUT2D eigenvalue weighted by Gasteiger charge is -2.13. The van der Waals surface area contributed by atoms with Gasteiger partial charge in [0.1, 0.15) is 16.0 Å². The summed E-state index contributed by atoms with van der Waals surface area (Å²) >= 11 is 1.98. The van der Waals surface area contributed by atoms with Crippen LogP contribution in [0, 0.1) is 3.70 Å². The molecule has 2 aromatic heterocycles.